The van der Waals surface area contributed by atoms with E-state index < -0.39 is 7.60 Å². The minimum atomic E-state index is -4.01. The van der Waals surface area contributed by atoms with Crippen LogP contribution in [0.3, 0.4) is 0 Å². The average Bonchev–Trinajstić information content (AvgIpc) is 2.62. The third kappa shape index (κ3) is 9.06. The van der Waals surface area contributed by atoms with Gasteiger partial charge in [-0.15, -0.1) is 0 Å². The second-order valence-electron chi connectivity index (χ2n) is 7.77. The normalized spacial score (nSPS) is 12.0. The summed E-state index contributed by atoms with van der Waals surface area (Å²) in [4.78, 5) is 18.2. The summed E-state index contributed by atoms with van der Waals surface area (Å²) in [6.45, 7) is 2.26. The molecule has 0 heterocycles. The third-order valence-corrected chi connectivity index (χ3v) is 5.95. The highest BCUT2D eigenvalue weighted by Gasteiger charge is 2.13. The van der Waals surface area contributed by atoms with Gasteiger partial charge in [-0.3, -0.25) is 4.57 Å². The van der Waals surface area contributed by atoms with Crippen LogP contribution in [0.2, 0.25) is 0 Å². The lowest BCUT2D eigenvalue weighted by atomic mass is 10.0. The van der Waals surface area contributed by atoms with Crippen molar-refractivity contribution in [1.29, 1.82) is 0 Å². The largest absolute Gasteiger partial charge is 0.329 e. The maximum Gasteiger partial charge on any atom is 0.329 e. The molecule has 0 atom stereocenters. The zero-order valence-electron chi connectivity index (χ0n) is 16.7. The Morgan fingerprint density at radius 3 is 1.74 bits per heavy atom. The second-order valence-corrected chi connectivity index (χ2v) is 9.42. The van der Waals surface area contributed by atoms with Crippen LogP contribution in [0.4, 0.5) is 0 Å². The molecule has 0 aromatic heterocycles. The number of hydrogen-bond acceptors (Lipinski definition) is 1. The lowest BCUT2D eigenvalue weighted by Crippen LogP contribution is -1.89. The van der Waals surface area contributed by atoms with E-state index in [1.807, 2.05) is 18.2 Å². The van der Waals surface area contributed by atoms with Crippen LogP contribution in [-0.4, -0.2) is 9.79 Å². The Balaban J connectivity index is 1.70. The molecule has 0 fully saturated rings. The van der Waals surface area contributed by atoms with Gasteiger partial charge in [-0.05, 0) is 34.7 Å². The molecule has 0 bridgehead atoms. The fourth-order valence-electron chi connectivity index (χ4n) is 3.65. The Bertz CT molecular complexity index is 735. The molecule has 0 aliphatic rings. The van der Waals surface area contributed by atoms with Gasteiger partial charge in [-0.1, -0.05) is 101 Å². The summed E-state index contributed by atoms with van der Waals surface area (Å²) in [5.74, 6) is 0. The SMILES string of the molecule is CCCCCCCCCCCCc1ccc2cc(CP(=O)(O)O)ccc2c1. The van der Waals surface area contributed by atoms with Crippen molar-refractivity contribution in [2.45, 2.75) is 83.7 Å². The molecule has 0 saturated carbocycles. The number of rotatable bonds is 13. The summed E-state index contributed by atoms with van der Waals surface area (Å²) in [5.41, 5.74) is 2.04. The van der Waals surface area contributed by atoms with Crippen LogP contribution in [0.15, 0.2) is 36.4 Å². The summed E-state index contributed by atoms with van der Waals surface area (Å²) in [6, 6.07) is 12.1. The fourth-order valence-corrected chi connectivity index (χ4v) is 4.33. The van der Waals surface area contributed by atoms with Crippen molar-refractivity contribution in [3.05, 3.63) is 47.5 Å². The Morgan fingerprint density at radius 2 is 1.19 bits per heavy atom. The lowest BCUT2D eigenvalue weighted by molar-refractivity contribution is 0.372. The van der Waals surface area contributed by atoms with Gasteiger partial charge in [0.2, 0.25) is 0 Å². The monoisotopic (exact) mass is 390 g/mol. The standard InChI is InChI=1S/C23H35O3P/c1-2-3-4-5-6-7-8-9-10-11-12-20-13-15-23-18-21(19-27(24,25)26)14-16-22(23)17-20/h13-18H,2-12,19H2,1H3,(H2,24,25,26). The fraction of sp³-hybridized carbons (Fsp3) is 0.565. The van der Waals surface area contributed by atoms with E-state index in [-0.39, 0.29) is 6.16 Å². The first-order valence-corrected chi connectivity index (χ1v) is 12.3. The van der Waals surface area contributed by atoms with E-state index in [2.05, 4.69) is 25.1 Å². The number of aryl methyl sites for hydroxylation is 1. The topological polar surface area (TPSA) is 57.5 Å². The number of benzene rings is 2. The van der Waals surface area contributed by atoms with Crippen LogP contribution in [0.25, 0.3) is 10.8 Å². The van der Waals surface area contributed by atoms with E-state index in [0.29, 0.717) is 5.56 Å². The highest BCUT2D eigenvalue weighted by atomic mass is 31.2. The van der Waals surface area contributed by atoms with Crippen LogP contribution in [-0.2, 0) is 17.1 Å². The van der Waals surface area contributed by atoms with E-state index in [4.69, 9.17) is 9.79 Å². The Hall–Kier alpha value is -1.15. The Morgan fingerprint density at radius 1 is 0.704 bits per heavy atom. The van der Waals surface area contributed by atoms with Crippen LogP contribution >= 0.6 is 7.60 Å². The van der Waals surface area contributed by atoms with E-state index in [9.17, 15) is 4.57 Å². The molecule has 3 nitrogen and oxygen atoms in total. The predicted octanol–water partition coefficient (Wildman–Crippen LogP) is 6.98. The third-order valence-electron chi connectivity index (χ3n) is 5.18. The smallest absolute Gasteiger partial charge is 0.324 e. The summed E-state index contributed by atoms with van der Waals surface area (Å²) >= 11 is 0. The van der Waals surface area contributed by atoms with Crippen molar-refractivity contribution in [3.8, 4) is 0 Å². The van der Waals surface area contributed by atoms with Gasteiger partial charge < -0.3 is 9.79 Å². The first kappa shape index (κ1) is 22.1. The van der Waals surface area contributed by atoms with Crippen LogP contribution in [0.1, 0.15) is 82.3 Å². The molecule has 0 aliphatic heterocycles. The van der Waals surface area contributed by atoms with Gasteiger partial charge in [0.05, 0.1) is 6.16 Å². The molecule has 27 heavy (non-hydrogen) atoms. The van der Waals surface area contributed by atoms with E-state index in [0.717, 1.165) is 17.2 Å². The van der Waals surface area contributed by atoms with E-state index >= 15 is 0 Å². The first-order valence-electron chi connectivity index (χ1n) is 10.5. The van der Waals surface area contributed by atoms with Gasteiger partial charge in [-0.2, -0.15) is 0 Å². The van der Waals surface area contributed by atoms with Crippen molar-refractivity contribution < 1.29 is 14.4 Å². The molecule has 0 amide bonds. The second kappa shape index (κ2) is 11.6. The van der Waals surface area contributed by atoms with Gasteiger partial charge in [0, 0.05) is 0 Å². The highest BCUT2D eigenvalue weighted by molar-refractivity contribution is 7.50. The molecule has 150 valence electrons. The van der Waals surface area contributed by atoms with Crippen LogP contribution in [0.5, 0.6) is 0 Å². The number of hydrogen-bond donors (Lipinski definition) is 2. The van der Waals surface area contributed by atoms with Crippen LogP contribution < -0.4 is 0 Å². The van der Waals surface area contributed by atoms with Crippen molar-refractivity contribution >= 4 is 18.4 Å². The van der Waals surface area contributed by atoms with E-state index in [1.165, 1.54) is 69.8 Å². The molecule has 0 saturated heterocycles. The minimum absolute atomic E-state index is 0.191. The van der Waals surface area contributed by atoms with Gasteiger partial charge in [-0.25, -0.2) is 0 Å². The highest BCUT2D eigenvalue weighted by Crippen LogP contribution is 2.39. The molecule has 0 unspecified atom stereocenters. The quantitative estimate of drug-likeness (QED) is 0.286. The van der Waals surface area contributed by atoms with E-state index in [1.54, 1.807) is 0 Å². The first-order chi connectivity index (χ1) is 13.0. The maximum atomic E-state index is 11.2. The van der Waals surface area contributed by atoms with Gasteiger partial charge in [0.25, 0.3) is 0 Å². The molecular weight excluding hydrogens is 355 g/mol. The van der Waals surface area contributed by atoms with Crippen molar-refractivity contribution in [2.24, 2.45) is 0 Å². The maximum absolute atomic E-state index is 11.2. The average molecular weight is 391 g/mol. The molecule has 2 N–H and O–H groups in total. The van der Waals surface area contributed by atoms with Crippen molar-refractivity contribution in [1.82, 2.24) is 0 Å². The summed E-state index contributed by atoms with van der Waals surface area (Å²) < 4.78 is 11.2. The molecule has 2 rings (SSSR count). The van der Waals surface area contributed by atoms with Gasteiger partial charge in [0.1, 0.15) is 0 Å². The van der Waals surface area contributed by atoms with Crippen LogP contribution in [0, 0.1) is 0 Å². The lowest BCUT2D eigenvalue weighted by Gasteiger charge is -2.08. The van der Waals surface area contributed by atoms with Gasteiger partial charge >= 0.3 is 7.60 Å². The number of unbranched alkanes of at least 4 members (excludes halogenated alkanes) is 9. The number of fused-ring (bicyclic) bond motifs is 1. The molecule has 0 spiro atoms. The zero-order chi connectivity index (χ0) is 19.5. The Labute approximate surface area is 164 Å². The molecule has 0 radical (unpaired) electrons. The summed E-state index contributed by atoms with van der Waals surface area (Å²) in [7, 11) is -4.01. The predicted molar refractivity (Wildman–Crippen MR) is 115 cm³/mol. The summed E-state index contributed by atoms with van der Waals surface area (Å²) in [5, 5.41) is 2.20. The van der Waals surface area contributed by atoms with Crippen molar-refractivity contribution in [3.63, 3.8) is 0 Å². The van der Waals surface area contributed by atoms with Crippen molar-refractivity contribution in [2.75, 3.05) is 0 Å². The molecule has 4 heteroatoms. The molecule has 2 aromatic rings. The zero-order valence-corrected chi connectivity index (χ0v) is 17.6. The minimum Gasteiger partial charge on any atom is -0.324 e. The molecule has 2 aromatic carbocycles. The summed E-state index contributed by atoms with van der Waals surface area (Å²) in [6.07, 6.45) is 14.5. The Kier molecular flexibility index (Phi) is 9.54. The molecule has 0 aliphatic carbocycles. The van der Waals surface area contributed by atoms with Gasteiger partial charge in [0.15, 0.2) is 0 Å². The molecular formula is C23H35O3P.